The average molecular weight is 386 g/mol. The van der Waals surface area contributed by atoms with Crippen molar-refractivity contribution >= 4 is 27.2 Å². The molecule has 0 aliphatic heterocycles. The van der Waals surface area contributed by atoms with E-state index in [9.17, 15) is 14.3 Å². The molecule has 1 N–H and O–H groups in total. The largest absolute Gasteiger partial charge is 0.391 e. The van der Waals surface area contributed by atoms with Gasteiger partial charge in [0.25, 0.3) is 5.56 Å². The van der Waals surface area contributed by atoms with Crippen molar-refractivity contribution in [3.8, 4) is 10.4 Å². The second kappa shape index (κ2) is 6.54. The number of pyridine rings is 1. The molecule has 8 heteroatoms. The van der Waals surface area contributed by atoms with Crippen LogP contribution >= 0.6 is 11.3 Å². The van der Waals surface area contributed by atoms with E-state index < -0.39 is 11.9 Å². The predicted octanol–water partition coefficient (Wildman–Crippen LogP) is 3.55. The van der Waals surface area contributed by atoms with E-state index in [4.69, 9.17) is 0 Å². The Labute approximate surface area is 158 Å². The molecule has 0 saturated heterocycles. The van der Waals surface area contributed by atoms with E-state index in [-0.39, 0.29) is 17.2 Å². The first-order valence-corrected chi connectivity index (χ1v) is 9.54. The first kappa shape index (κ1) is 17.8. The molecule has 2 atom stereocenters. The molecule has 0 bridgehead atoms. The lowest BCUT2D eigenvalue weighted by Crippen LogP contribution is -2.30. The second-order valence-electron chi connectivity index (χ2n) is 6.69. The van der Waals surface area contributed by atoms with E-state index in [1.54, 1.807) is 29.8 Å². The minimum absolute atomic E-state index is 0.198. The Balaban J connectivity index is 1.85. The van der Waals surface area contributed by atoms with Gasteiger partial charge in [-0.3, -0.25) is 9.36 Å². The number of aliphatic hydroxyl groups is 1. The summed E-state index contributed by atoms with van der Waals surface area (Å²) in [4.78, 5) is 22.1. The second-order valence-corrected chi connectivity index (χ2v) is 7.74. The minimum atomic E-state index is -0.623. The normalized spacial score (nSPS) is 14.1. The van der Waals surface area contributed by atoms with Gasteiger partial charge >= 0.3 is 0 Å². The van der Waals surface area contributed by atoms with E-state index in [1.165, 1.54) is 28.3 Å². The fraction of sp³-hybridized carbons (Fsp3) is 0.316. The maximum Gasteiger partial charge on any atom is 0.271 e. The van der Waals surface area contributed by atoms with Crippen molar-refractivity contribution < 1.29 is 9.50 Å². The number of aryl methyl sites for hydroxylation is 1. The van der Waals surface area contributed by atoms with Crippen molar-refractivity contribution in [3.05, 3.63) is 52.7 Å². The quantitative estimate of drug-likeness (QED) is 0.582. The van der Waals surface area contributed by atoms with Crippen LogP contribution in [0.25, 0.3) is 26.3 Å². The van der Waals surface area contributed by atoms with Crippen LogP contribution in [-0.4, -0.2) is 30.1 Å². The zero-order valence-corrected chi connectivity index (χ0v) is 16.0. The highest BCUT2D eigenvalue weighted by atomic mass is 32.1. The van der Waals surface area contributed by atoms with E-state index >= 15 is 0 Å². The van der Waals surface area contributed by atoms with Gasteiger partial charge < -0.3 is 9.51 Å². The fourth-order valence-corrected chi connectivity index (χ4v) is 4.23. The maximum atomic E-state index is 14.4. The highest BCUT2D eigenvalue weighted by molar-refractivity contribution is 7.22. The molecule has 0 unspecified atom stereocenters. The predicted molar refractivity (Wildman–Crippen MR) is 104 cm³/mol. The van der Waals surface area contributed by atoms with Crippen molar-refractivity contribution in [2.24, 2.45) is 0 Å². The third-order valence-electron chi connectivity index (χ3n) is 4.79. The van der Waals surface area contributed by atoms with Crippen LogP contribution in [0.2, 0.25) is 0 Å². The number of aromatic nitrogens is 4. The zero-order valence-electron chi connectivity index (χ0n) is 15.2. The molecule has 0 aromatic carbocycles. The Morgan fingerprint density at radius 2 is 2.11 bits per heavy atom. The Kier molecular flexibility index (Phi) is 4.32. The third kappa shape index (κ3) is 2.94. The first-order chi connectivity index (χ1) is 12.9. The van der Waals surface area contributed by atoms with Gasteiger partial charge in [-0.1, -0.05) is 6.92 Å². The van der Waals surface area contributed by atoms with Crippen LogP contribution in [0.3, 0.4) is 0 Å². The SMILES string of the molecule is CC[C@H](O)[C@H](C)n1cnc2cc(-c3cc(F)c4nc(C)cn4c3)sc2c1=O. The van der Waals surface area contributed by atoms with Crippen LogP contribution in [0, 0.1) is 12.7 Å². The molecule has 0 fully saturated rings. The van der Waals surface area contributed by atoms with Gasteiger partial charge in [0.1, 0.15) is 4.70 Å². The summed E-state index contributed by atoms with van der Waals surface area (Å²) in [5, 5.41) is 10.1. The number of imidazole rings is 1. The van der Waals surface area contributed by atoms with Crippen molar-refractivity contribution in [2.75, 3.05) is 0 Å². The van der Waals surface area contributed by atoms with Gasteiger partial charge in [0.2, 0.25) is 0 Å². The Hall–Kier alpha value is -2.58. The lowest BCUT2D eigenvalue weighted by atomic mass is 10.1. The van der Waals surface area contributed by atoms with Gasteiger partial charge in [-0.2, -0.15) is 0 Å². The summed E-state index contributed by atoms with van der Waals surface area (Å²) in [6.07, 6.45) is 4.94. The number of rotatable bonds is 4. The van der Waals surface area contributed by atoms with Gasteiger partial charge in [0.05, 0.1) is 29.7 Å². The molecule has 6 nitrogen and oxygen atoms in total. The first-order valence-electron chi connectivity index (χ1n) is 8.73. The molecule has 27 heavy (non-hydrogen) atoms. The molecule has 4 aromatic heterocycles. The number of hydrogen-bond donors (Lipinski definition) is 1. The molecule has 4 rings (SSSR count). The van der Waals surface area contributed by atoms with Gasteiger partial charge in [-0.15, -0.1) is 11.3 Å². The van der Waals surface area contributed by atoms with Crippen LogP contribution < -0.4 is 5.56 Å². The van der Waals surface area contributed by atoms with Crippen molar-refractivity contribution in [2.45, 2.75) is 39.3 Å². The Morgan fingerprint density at radius 1 is 1.33 bits per heavy atom. The number of thiophene rings is 1. The molecule has 0 aliphatic rings. The van der Waals surface area contributed by atoms with Crippen LogP contribution in [0.5, 0.6) is 0 Å². The average Bonchev–Trinajstić information content (AvgIpc) is 3.24. The number of nitrogens with zero attached hydrogens (tertiary/aromatic N) is 4. The molecule has 0 spiro atoms. The molecular weight excluding hydrogens is 367 g/mol. The molecule has 0 aliphatic carbocycles. The van der Waals surface area contributed by atoms with Crippen LogP contribution in [0.1, 0.15) is 32.0 Å². The summed E-state index contributed by atoms with van der Waals surface area (Å²) in [6, 6.07) is 2.85. The molecule has 0 saturated carbocycles. The highest BCUT2D eigenvalue weighted by Gasteiger charge is 2.19. The molecule has 0 amide bonds. The Bertz CT molecular complexity index is 1210. The van der Waals surface area contributed by atoms with Crippen molar-refractivity contribution in [3.63, 3.8) is 0 Å². The summed E-state index contributed by atoms with van der Waals surface area (Å²) >= 11 is 1.27. The van der Waals surface area contributed by atoms with E-state index in [2.05, 4.69) is 9.97 Å². The summed E-state index contributed by atoms with van der Waals surface area (Å²) in [7, 11) is 0. The Morgan fingerprint density at radius 3 is 2.85 bits per heavy atom. The lowest BCUT2D eigenvalue weighted by Gasteiger charge is -2.19. The lowest BCUT2D eigenvalue weighted by molar-refractivity contribution is 0.115. The van der Waals surface area contributed by atoms with Crippen LogP contribution in [0.15, 0.2) is 35.6 Å². The summed E-state index contributed by atoms with van der Waals surface area (Å²) < 4.78 is 18.0. The fourth-order valence-electron chi connectivity index (χ4n) is 3.20. The van der Waals surface area contributed by atoms with Crippen LogP contribution in [-0.2, 0) is 0 Å². The van der Waals surface area contributed by atoms with Gasteiger partial charge in [0, 0.05) is 22.8 Å². The van der Waals surface area contributed by atoms with Gasteiger partial charge in [0.15, 0.2) is 11.5 Å². The molecule has 4 aromatic rings. The number of hydrogen-bond acceptors (Lipinski definition) is 5. The van der Waals surface area contributed by atoms with E-state index in [0.29, 0.717) is 22.2 Å². The van der Waals surface area contributed by atoms with Gasteiger partial charge in [-0.25, -0.2) is 14.4 Å². The summed E-state index contributed by atoms with van der Waals surface area (Å²) in [6.45, 7) is 5.47. The smallest absolute Gasteiger partial charge is 0.271 e. The molecule has 140 valence electrons. The third-order valence-corrected chi connectivity index (χ3v) is 5.95. The molecular formula is C19H19FN4O2S. The van der Waals surface area contributed by atoms with E-state index in [0.717, 1.165) is 10.6 Å². The zero-order chi connectivity index (χ0) is 19.3. The monoisotopic (exact) mass is 386 g/mol. The summed E-state index contributed by atoms with van der Waals surface area (Å²) in [5.74, 6) is -0.414. The van der Waals surface area contributed by atoms with Crippen molar-refractivity contribution in [1.82, 2.24) is 18.9 Å². The number of aliphatic hydroxyl groups excluding tert-OH is 1. The van der Waals surface area contributed by atoms with E-state index in [1.807, 2.05) is 13.8 Å². The maximum absolute atomic E-state index is 14.4. The molecule has 0 radical (unpaired) electrons. The number of halogens is 1. The number of fused-ring (bicyclic) bond motifs is 2. The molecule has 4 heterocycles. The van der Waals surface area contributed by atoms with Crippen molar-refractivity contribution in [1.29, 1.82) is 0 Å². The highest BCUT2D eigenvalue weighted by Crippen LogP contribution is 2.32. The van der Waals surface area contributed by atoms with Crippen LogP contribution in [0.4, 0.5) is 4.39 Å². The topological polar surface area (TPSA) is 72.4 Å². The van der Waals surface area contributed by atoms with Gasteiger partial charge in [-0.05, 0) is 32.4 Å². The standard InChI is InChI=1S/C19H19FN4O2S/c1-4-15(25)11(3)24-9-21-14-6-16(27-17(14)19(24)26)12-5-13(20)18-22-10(2)7-23(18)8-12/h5-9,11,15,25H,4H2,1-3H3/t11-,15-/m0/s1. The minimum Gasteiger partial charge on any atom is -0.391 e. The summed E-state index contributed by atoms with van der Waals surface area (Å²) in [5.41, 5.74) is 2.04.